The fourth-order valence-electron chi connectivity index (χ4n) is 3.05. The highest BCUT2D eigenvalue weighted by atomic mass is 19.4. The van der Waals surface area contributed by atoms with Crippen LogP contribution in [0.25, 0.3) is 5.69 Å². The Bertz CT molecular complexity index is 1040. The first-order chi connectivity index (χ1) is 14.9. The van der Waals surface area contributed by atoms with Gasteiger partial charge in [0.15, 0.2) is 5.78 Å². The van der Waals surface area contributed by atoms with Crippen LogP contribution in [0.15, 0.2) is 52.9 Å². The van der Waals surface area contributed by atoms with Gasteiger partial charge in [-0.05, 0) is 37.1 Å². The molecule has 5 nitrogen and oxygen atoms in total. The highest BCUT2D eigenvalue weighted by molar-refractivity contribution is 5.79. The molecule has 0 aliphatic rings. The summed E-state index contributed by atoms with van der Waals surface area (Å²) < 4.78 is 41.1. The van der Waals surface area contributed by atoms with E-state index in [2.05, 4.69) is 25.0 Å². The van der Waals surface area contributed by atoms with Crippen LogP contribution >= 0.6 is 0 Å². The summed E-state index contributed by atoms with van der Waals surface area (Å²) in [4.78, 5) is 25.1. The van der Waals surface area contributed by atoms with Crippen molar-refractivity contribution in [2.45, 2.75) is 60.2 Å². The van der Waals surface area contributed by atoms with Crippen LogP contribution in [0, 0.1) is 11.8 Å². The molecule has 1 aromatic heterocycles. The SMILES string of the molecule is CCC(C)/C=C(C)\C=C/Cc1nn(CC(=O)C(C)C)c(=O)n1-c1ccc(C(F)(F)F)cc1. The van der Waals surface area contributed by atoms with Crippen LogP contribution in [0.5, 0.6) is 0 Å². The predicted octanol–water partition coefficient (Wildman–Crippen LogP) is 5.37. The molecule has 0 aliphatic carbocycles. The Hall–Kier alpha value is -2.90. The largest absolute Gasteiger partial charge is 0.416 e. The second-order valence-corrected chi connectivity index (χ2v) is 8.26. The Morgan fingerprint density at radius 1 is 1.16 bits per heavy atom. The number of nitrogens with zero attached hydrogens (tertiary/aromatic N) is 3. The molecule has 32 heavy (non-hydrogen) atoms. The van der Waals surface area contributed by atoms with Gasteiger partial charge in [0.2, 0.25) is 0 Å². The number of alkyl halides is 3. The molecule has 0 radical (unpaired) electrons. The summed E-state index contributed by atoms with van der Waals surface area (Å²) in [6.07, 6.45) is 2.75. The maximum atomic E-state index is 13.0. The molecule has 1 aromatic carbocycles. The molecular weight excluding hydrogens is 419 g/mol. The molecule has 0 fully saturated rings. The van der Waals surface area contributed by atoms with Gasteiger partial charge in [0.25, 0.3) is 0 Å². The van der Waals surface area contributed by atoms with Gasteiger partial charge in [-0.3, -0.25) is 4.79 Å². The molecule has 8 heteroatoms. The third kappa shape index (κ3) is 6.55. The van der Waals surface area contributed by atoms with E-state index in [1.165, 1.54) is 16.7 Å². The van der Waals surface area contributed by atoms with Crippen molar-refractivity contribution in [3.8, 4) is 5.69 Å². The second-order valence-electron chi connectivity index (χ2n) is 8.26. The number of hydrogen-bond acceptors (Lipinski definition) is 3. The molecule has 174 valence electrons. The van der Waals surface area contributed by atoms with E-state index < -0.39 is 17.4 Å². The Balaban J connectivity index is 2.44. The molecule has 0 saturated heterocycles. The van der Waals surface area contributed by atoms with E-state index >= 15 is 0 Å². The summed E-state index contributed by atoms with van der Waals surface area (Å²) in [7, 11) is 0. The van der Waals surface area contributed by atoms with Crippen molar-refractivity contribution in [2.24, 2.45) is 11.8 Å². The van der Waals surface area contributed by atoms with E-state index in [9.17, 15) is 22.8 Å². The molecule has 0 aliphatic heterocycles. The van der Waals surface area contributed by atoms with Gasteiger partial charge in [0.1, 0.15) is 12.4 Å². The number of benzene rings is 1. The summed E-state index contributed by atoms with van der Waals surface area (Å²) in [5, 5.41) is 4.31. The number of hydrogen-bond donors (Lipinski definition) is 0. The first-order valence-electron chi connectivity index (χ1n) is 10.7. The molecule has 1 heterocycles. The lowest BCUT2D eigenvalue weighted by Crippen LogP contribution is -2.28. The fraction of sp³-hybridized carbons (Fsp3) is 0.458. The minimum Gasteiger partial charge on any atom is -0.297 e. The number of halogens is 3. The molecule has 2 rings (SSSR count). The third-order valence-corrected chi connectivity index (χ3v) is 5.18. The summed E-state index contributed by atoms with van der Waals surface area (Å²) in [5.41, 5.74) is -0.0309. The van der Waals surface area contributed by atoms with Gasteiger partial charge in [-0.1, -0.05) is 57.9 Å². The van der Waals surface area contributed by atoms with Gasteiger partial charge < -0.3 is 0 Å². The van der Waals surface area contributed by atoms with E-state index in [1.807, 2.05) is 19.1 Å². The van der Waals surface area contributed by atoms with Gasteiger partial charge in [0, 0.05) is 12.3 Å². The maximum absolute atomic E-state index is 13.0. The van der Waals surface area contributed by atoms with Crippen molar-refractivity contribution < 1.29 is 18.0 Å². The lowest BCUT2D eigenvalue weighted by atomic mass is 10.1. The van der Waals surface area contributed by atoms with E-state index in [4.69, 9.17) is 0 Å². The highest BCUT2D eigenvalue weighted by Gasteiger charge is 2.30. The smallest absolute Gasteiger partial charge is 0.297 e. The Kier molecular flexibility index (Phi) is 8.41. The van der Waals surface area contributed by atoms with Gasteiger partial charge in [-0.25, -0.2) is 14.0 Å². The van der Waals surface area contributed by atoms with Crippen LogP contribution < -0.4 is 5.69 Å². The zero-order chi connectivity index (χ0) is 24.1. The molecule has 1 unspecified atom stereocenters. The summed E-state index contributed by atoms with van der Waals surface area (Å²) in [6.45, 7) is 9.48. The second kappa shape index (κ2) is 10.6. The van der Waals surface area contributed by atoms with Crippen molar-refractivity contribution in [3.05, 3.63) is 69.9 Å². The average Bonchev–Trinajstić information content (AvgIpc) is 3.02. The number of carbonyl (C=O) groups is 1. The molecule has 0 N–H and O–H groups in total. The zero-order valence-corrected chi connectivity index (χ0v) is 19.1. The van der Waals surface area contributed by atoms with E-state index in [1.54, 1.807) is 13.8 Å². The summed E-state index contributed by atoms with van der Waals surface area (Å²) in [5.74, 6) is 0.360. The van der Waals surface area contributed by atoms with Gasteiger partial charge in [-0.15, -0.1) is 0 Å². The van der Waals surface area contributed by atoms with Crippen molar-refractivity contribution in [2.75, 3.05) is 0 Å². The van der Waals surface area contributed by atoms with Crippen LogP contribution in [0.4, 0.5) is 13.2 Å². The highest BCUT2D eigenvalue weighted by Crippen LogP contribution is 2.29. The number of Topliss-reactive ketones (excluding diaryl/α,β-unsaturated/α-hetero) is 1. The lowest BCUT2D eigenvalue weighted by Gasteiger charge is -2.08. The van der Waals surface area contributed by atoms with Crippen molar-refractivity contribution in [3.63, 3.8) is 0 Å². The minimum absolute atomic E-state index is 0.154. The molecule has 0 spiro atoms. The number of aromatic nitrogens is 3. The first-order valence-corrected chi connectivity index (χ1v) is 10.7. The van der Waals surface area contributed by atoms with Gasteiger partial charge >= 0.3 is 11.9 Å². The number of rotatable bonds is 9. The quantitative estimate of drug-likeness (QED) is 0.484. The number of allylic oxidation sites excluding steroid dienone is 4. The van der Waals surface area contributed by atoms with Crippen LogP contribution in [0.1, 0.15) is 52.4 Å². The standard InChI is InChI=1S/C24H30F3N3O2/c1-6-17(4)14-18(5)8-7-9-22-28-29(15-21(31)16(2)3)23(32)30(22)20-12-10-19(11-13-20)24(25,26)27/h7-8,10-14,16-17H,6,9,15H2,1-5H3/b8-7-,18-14-. The van der Waals surface area contributed by atoms with Crippen LogP contribution in [0.2, 0.25) is 0 Å². The third-order valence-electron chi connectivity index (χ3n) is 5.18. The lowest BCUT2D eigenvalue weighted by molar-refractivity contribution is -0.137. The average molecular weight is 450 g/mol. The molecule has 0 amide bonds. The normalized spacial score (nSPS) is 13.8. The Morgan fingerprint density at radius 2 is 1.78 bits per heavy atom. The molecule has 0 saturated carbocycles. The zero-order valence-electron chi connectivity index (χ0n) is 19.1. The van der Waals surface area contributed by atoms with Crippen molar-refractivity contribution in [1.29, 1.82) is 0 Å². The van der Waals surface area contributed by atoms with Gasteiger partial charge in [0.05, 0.1) is 11.3 Å². The van der Waals surface area contributed by atoms with E-state index in [0.717, 1.165) is 28.8 Å². The molecule has 2 aromatic rings. The monoisotopic (exact) mass is 449 g/mol. The van der Waals surface area contributed by atoms with E-state index in [-0.39, 0.29) is 30.4 Å². The predicted molar refractivity (Wildman–Crippen MR) is 119 cm³/mol. The molecule has 0 bridgehead atoms. The first kappa shape index (κ1) is 25.4. The maximum Gasteiger partial charge on any atom is 0.416 e. The summed E-state index contributed by atoms with van der Waals surface area (Å²) in [6, 6.07) is 4.33. The molecule has 1 atom stereocenters. The fourth-order valence-corrected chi connectivity index (χ4v) is 3.05. The van der Waals surface area contributed by atoms with Crippen LogP contribution in [-0.4, -0.2) is 20.1 Å². The van der Waals surface area contributed by atoms with Crippen LogP contribution in [-0.2, 0) is 23.9 Å². The number of ketones is 1. The van der Waals surface area contributed by atoms with Gasteiger partial charge in [-0.2, -0.15) is 18.3 Å². The molecular formula is C24H30F3N3O2. The Morgan fingerprint density at radius 3 is 2.31 bits per heavy atom. The van der Waals surface area contributed by atoms with E-state index in [0.29, 0.717) is 11.7 Å². The van der Waals surface area contributed by atoms with Crippen molar-refractivity contribution in [1.82, 2.24) is 14.3 Å². The summed E-state index contributed by atoms with van der Waals surface area (Å²) >= 11 is 0. The number of carbonyl (C=O) groups excluding carboxylic acids is 1. The van der Waals surface area contributed by atoms with Crippen molar-refractivity contribution >= 4 is 5.78 Å². The minimum atomic E-state index is -4.47. The van der Waals surface area contributed by atoms with Crippen LogP contribution in [0.3, 0.4) is 0 Å². The Labute approximate surface area is 186 Å². The topological polar surface area (TPSA) is 56.9 Å².